The van der Waals surface area contributed by atoms with Crippen LogP contribution in [0.25, 0.3) is 0 Å². The van der Waals surface area contributed by atoms with Crippen LogP contribution in [0.5, 0.6) is 0 Å². The number of aryl methyl sites for hydroxylation is 1. The molecule has 0 unspecified atom stereocenters. The van der Waals surface area contributed by atoms with Gasteiger partial charge in [0, 0.05) is 28.2 Å². The van der Waals surface area contributed by atoms with Gasteiger partial charge in [0.25, 0.3) is 0 Å². The number of rotatable bonds is 5. The lowest BCUT2D eigenvalue weighted by molar-refractivity contribution is -0.114. The van der Waals surface area contributed by atoms with E-state index < -0.39 is 0 Å². The number of thioether (sulfide) groups is 1. The van der Waals surface area contributed by atoms with Gasteiger partial charge in [-0.3, -0.25) is 9.59 Å². The highest BCUT2D eigenvalue weighted by Crippen LogP contribution is 2.22. The van der Waals surface area contributed by atoms with Gasteiger partial charge in [-0.25, -0.2) is 0 Å². The summed E-state index contributed by atoms with van der Waals surface area (Å²) in [7, 11) is 0. The minimum absolute atomic E-state index is 0.0964. The van der Waals surface area contributed by atoms with Gasteiger partial charge in [0.05, 0.1) is 5.75 Å². The third-order valence-corrected chi connectivity index (χ3v) is 4.42. The minimum Gasteiger partial charge on any atom is -0.326 e. The Kier molecular flexibility index (Phi) is 6.07. The van der Waals surface area contributed by atoms with E-state index in [1.165, 1.54) is 18.7 Å². The van der Waals surface area contributed by atoms with Crippen LogP contribution in [0.15, 0.2) is 47.4 Å². The highest BCUT2D eigenvalue weighted by Gasteiger charge is 2.05. The zero-order valence-corrected chi connectivity index (χ0v) is 14.4. The zero-order valence-electron chi connectivity index (χ0n) is 12.9. The van der Waals surface area contributed by atoms with Crippen molar-refractivity contribution in [3.63, 3.8) is 0 Å². The van der Waals surface area contributed by atoms with Crippen LogP contribution in [0.2, 0.25) is 5.02 Å². The van der Waals surface area contributed by atoms with Gasteiger partial charge in [0.15, 0.2) is 0 Å². The second kappa shape index (κ2) is 8.04. The van der Waals surface area contributed by atoms with Crippen molar-refractivity contribution in [1.82, 2.24) is 0 Å². The molecule has 0 saturated heterocycles. The third-order valence-electron chi connectivity index (χ3n) is 3.00. The number of amides is 2. The number of halogens is 1. The fraction of sp³-hybridized carbons (Fsp3) is 0.176. The van der Waals surface area contributed by atoms with Gasteiger partial charge in [-0.2, -0.15) is 0 Å². The smallest absolute Gasteiger partial charge is 0.234 e. The SMILES string of the molecule is CC(=O)Nc1ccc(SCC(=O)Nc2ccc(C)c(Cl)c2)cc1. The monoisotopic (exact) mass is 348 g/mol. The number of carbonyl (C=O) groups excluding carboxylic acids is 2. The van der Waals surface area contributed by atoms with Crippen LogP contribution >= 0.6 is 23.4 Å². The van der Waals surface area contributed by atoms with Crippen molar-refractivity contribution < 1.29 is 9.59 Å². The Hall–Kier alpha value is -1.98. The summed E-state index contributed by atoms with van der Waals surface area (Å²) < 4.78 is 0. The molecule has 2 N–H and O–H groups in total. The van der Waals surface area contributed by atoms with Crippen molar-refractivity contribution >= 4 is 46.6 Å². The molecule has 2 aromatic rings. The van der Waals surface area contributed by atoms with E-state index in [-0.39, 0.29) is 11.8 Å². The first-order valence-corrected chi connectivity index (χ1v) is 8.37. The molecule has 2 aromatic carbocycles. The second-order valence-electron chi connectivity index (χ2n) is 5.01. The predicted octanol–water partition coefficient (Wildman–Crippen LogP) is 4.34. The molecule has 0 bridgehead atoms. The summed E-state index contributed by atoms with van der Waals surface area (Å²) in [4.78, 5) is 23.9. The summed E-state index contributed by atoms with van der Waals surface area (Å²) in [5.74, 6) is 0.0905. The molecule has 23 heavy (non-hydrogen) atoms. The molecular formula is C17H17ClN2O2S. The average Bonchev–Trinajstić information content (AvgIpc) is 2.50. The first-order chi connectivity index (χ1) is 10.9. The number of benzene rings is 2. The number of hydrogen-bond acceptors (Lipinski definition) is 3. The molecule has 0 fully saturated rings. The lowest BCUT2D eigenvalue weighted by atomic mass is 10.2. The molecule has 0 aromatic heterocycles. The van der Waals surface area contributed by atoms with Gasteiger partial charge in [0.1, 0.15) is 0 Å². The second-order valence-corrected chi connectivity index (χ2v) is 6.46. The Bertz CT molecular complexity index is 717. The quantitative estimate of drug-likeness (QED) is 0.790. The van der Waals surface area contributed by atoms with Crippen molar-refractivity contribution in [3.05, 3.63) is 53.1 Å². The molecule has 2 amide bonds. The summed E-state index contributed by atoms with van der Waals surface area (Å²) in [5, 5.41) is 6.14. The van der Waals surface area contributed by atoms with E-state index in [1.54, 1.807) is 18.2 Å². The summed E-state index contributed by atoms with van der Waals surface area (Å²) in [6.45, 7) is 3.37. The molecule has 0 saturated carbocycles. The fourth-order valence-electron chi connectivity index (χ4n) is 1.85. The molecule has 0 aliphatic carbocycles. The van der Waals surface area contributed by atoms with Gasteiger partial charge in [-0.1, -0.05) is 17.7 Å². The predicted molar refractivity (Wildman–Crippen MR) is 96.3 cm³/mol. The molecule has 0 spiro atoms. The topological polar surface area (TPSA) is 58.2 Å². The van der Waals surface area contributed by atoms with Crippen molar-refractivity contribution in [2.75, 3.05) is 16.4 Å². The van der Waals surface area contributed by atoms with Gasteiger partial charge in [0.2, 0.25) is 11.8 Å². The molecule has 4 nitrogen and oxygen atoms in total. The highest BCUT2D eigenvalue weighted by atomic mass is 35.5. The maximum absolute atomic E-state index is 12.0. The minimum atomic E-state index is -0.110. The van der Waals surface area contributed by atoms with E-state index in [0.717, 1.165) is 16.1 Å². The van der Waals surface area contributed by atoms with E-state index in [1.807, 2.05) is 31.2 Å². The maximum atomic E-state index is 12.0. The summed E-state index contributed by atoms with van der Waals surface area (Å²) >= 11 is 7.46. The van der Waals surface area contributed by atoms with Gasteiger partial charge >= 0.3 is 0 Å². The van der Waals surface area contributed by atoms with E-state index in [4.69, 9.17) is 11.6 Å². The third kappa shape index (κ3) is 5.62. The Labute approximate surface area is 144 Å². The van der Waals surface area contributed by atoms with Crippen LogP contribution in [-0.4, -0.2) is 17.6 Å². The van der Waals surface area contributed by atoms with Crippen molar-refractivity contribution in [3.8, 4) is 0 Å². The first-order valence-electron chi connectivity index (χ1n) is 7.00. The van der Waals surface area contributed by atoms with Crippen LogP contribution in [0, 0.1) is 6.92 Å². The number of anilines is 2. The largest absolute Gasteiger partial charge is 0.326 e. The van der Waals surface area contributed by atoms with Crippen LogP contribution < -0.4 is 10.6 Å². The van der Waals surface area contributed by atoms with Crippen LogP contribution in [0.4, 0.5) is 11.4 Å². The molecule has 0 heterocycles. The molecule has 0 aliphatic heterocycles. The van der Waals surface area contributed by atoms with Crippen LogP contribution in [0.3, 0.4) is 0 Å². The standard InChI is InChI=1S/C17H17ClN2O2S/c1-11-3-4-14(9-16(11)18)20-17(22)10-23-15-7-5-13(6-8-15)19-12(2)21/h3-9H,10H2,1-2H3,(H,19,21)(H,20,22). The van der Waals surface area contributed by atoms with E-state index >= 15 is 0 Å². The van der Waals surface area contributed by atoms with Gasteiger partial charge in [-0.15, -0.1) is 11.8 Å². The zero-order chi connectivity index (χ0) is 16.8. The van der Waals surface area contributed by atoms with Crippen molar-refractivity contribution in [2.24, 2.45) is 0 Å². The van der Waals surface area contributed by atoms with Crippen molar-refractivity contribution in [1.29, 1.82) is 0 Å². The lowest BCUT2D eigenvalue weighted by Crippen LogP contribution is -2.14. The Morgan fingerprint density at radius 1 is 1.04 bits per heavy atom. The summed E-state index contributed by atoms with van der Waals surface area (Å²) in [6.07, 6.45) is 0. The number of hydrogen-bond donors (Lipinski definition) is 2. The first kappa shape index (κ1) is 17.4. The van der Waals surface area contributed by atoms with Gasteiger partial charge < -0.3 is 10.6 Å². The lowest BCUT2D eigenvalue weighted by Gasteiger charge is -2.07. The molecular weight excluding hydrogens is 332 g/mol. The number of nitrogens with one attached hydrogen (secondary N) is 2. The summed E-state index contributed by atoms with van der Waals surface area (Å²) in [5.41, 5.74) is 2.39. The summed E-state index contributed by atoms with van der Waals surface area (Å²) in [6, 6.07) is 12.8. The maximum Gasteiger partial charge on any atom is 0.234 e. The number of carbonyl (C=O) groups is 2. The molecule has 6 heteroatoms. The fourth-order valence-corrected chi connectivity index (χ4v) is 2.73. The Morgan fingerprint density at radius 3 is 2.30 bits per heavy atom. The Balaban J connectivity index is 1.86. The van der Waals surface area contributed by atoms with E-state index in [0.29, 0.717) is 16.5 Å². The van der Waals surface area contributed by atoms with Crippen LogP contribution in [-0.2, 0) is 9.59 Å². The normalized spacial score (nSPS) is 10.2. The molecule has 0 radical (unpaired) electrons. The molecule has 2 rings (SSSR count). The van der Waals surface area contributed by atoms with E-state index in [9.17, 15) is 9.59 Å². The van der Waals surface area contributed by atoms with Crippen molar-refractivity contribution in [2.45, 2.75) is 18.7 Å². The molecule has 0 aliphatic rings. The van der Waals surface area contributed by atoms with Gasteiger partial charge in [-0.05, 0) is 48.9 Å². The highest BCUT2D eigenvalue weighted by molar-refractivity contribution is 8.00. The molecule has 0 atom stereocenters. The Morgan fingerprint density at radius 2 is 1.70 bits per heavy atom. The van der Waals surface area contributed by atoms with Crippen LogP contribution in [0.1, 0.15) is 12.5 Å². The average molecular weight is 349 g/mol. The van der Waals surface area contributed by atoms with E-state index in [2.05, 4.69) is 10.6 Å². The molecule has 120 valence electrons.